The van der Waals surface area contributed by atoms with E-state index in [-0.39, 0.29) is 6.42 Å². The Hall–Kier alpha value is -2.91. The largest absolute Gasteiger partial charge is 0.497 e. The monoisotopic (exact) mass is 526 g/mol. The molecule has 2 aromatic heterocycles. The molecule has 7 nitrogen and oxygen atoms in total. The lowest BCUT2D eigenvalue weighted by Gasteiger charge is -2.39. The topological polar surface area (TPSA) is 78.8 Å². The number of anilines is 1. The minimum atomic E-state index is -1.32. The van der Waals surface area contributed by atoms with Crippen LogP contribution in [0.2, 0.25) is 0 Å². The molecule has 1 N–H and O–H groups in total. The van der Waals surface area contributed by atoms with Gasteiger partial charge in [-0.2, -0.15) is 0 Å². The number of rotatable bonds is 11. The highest BCUT2D eigenvalue weighted by Crippen LogP contribution is 2.43. The third kappa shape index (κ3) is 6.33. The highest BCUT2D eigenvalue weighted by Gasteiger charge is 2.41. The fourth-order valence-corrected chi connectivity index (χ4v) is 5.90. The van der Waals surface area contributed by atoms with Crippen LogP contribution >= 0.6 is 11.8 Å². The van der Waals surface area contributed by atoms with Gasteiger partial charge in [-0.25, -0.2) is 9.37 Å². The van der Waals surface area contributed by atoms with Crippen molar-refractivity contribution in [3.8, 4) is 5.75 Å². The SMILES string of the molecule is COc1ccc2ncc(N(C)C)c(C(F)CCC3(C(=O)O)CCN(CCSc4ccccn4)CC3)c2c1. The number of carboxylic acid groups (broad SMARTS) is 1. The normalized spacial score (nSPS) is 16.4. The molecular weight excluding hydrogens is 491 g/mol. The lowest BCUT2D eigenvalue weighted by atomic mass is 9.74. The lowest BCUT2D eigenvalue weighted by Crippen LogP contribution is -2.45. The second-order valence-electron chi connectivity index (χ2n) is 9.78. The Kier molecular flexibility index (Phi) is 8.87. The summed E-state index contributed by atoms with van der Waals surface area (Å²) in [6.07, 6.45) is 3.63. The van der Waals surface area contributed by atoms with Crippen LogP contribution in [0.3, 0.4) is 0 Å². The molecule has 37 heavy (non-hydrogen) atoms. The van der Waals surface area contributed by atoms with Gasteiger partial charge in [-0.05, 0) is 69.1 Å². The smallest absolute Gasteiger partial charge is 0.309 e. The van der Waals surface area contributed by atoms with Gasteiger partial charge in [0, 0.05) is 43.5 Å². The second kappa shape index (κ2) is 12.1. The van der Waals surface area contributed by atoms with Gasteiger partial charge in [-0.3, -0.25) is 9.78 Å². The summed E-state index contributed by atoms with van der Waals surface area (Å²) in [7, 11) is 5.30. The van der Waals surface area contributed by atoms with Crippen LogP contribution in [0.1, 0.15) is 37.4 Å². The first-order valence-corrected chi connectivity index (χ1v) is 13.6. The minimum Gasteiger partial charge on any atom is -0.497 e. The van der Waals surface area contributed by atoms with Crippen molar-refractivity contribution in [3.05, 3.63) is 54.4 Å². The van der Waals surface area contributed by atoms with Crippen molar-refractivity contribution in [2.45, 2.75) is 36.9 Å². The zero-order valence-corrected chi connectivity index (χ0v) is 22.5. The molecule has 1 atom stereocenters. The van der Waals surface area contributed by atoms with Crippen LogP contribution in [0.15, 0.2) is 53.8 Å². The summed E-state index contributed by atoms with van der Waals surface area (Å²) in [5.41, 5.74) is 1.01. The van der Waals surface area contributed by atoms with E-state index in [9.17, 15) is 9.90 Å². The number of benzene rings is 1. The number of methoxy groups -OCH3 is 1. The number of nitrogens with zero attached hydrogens (tertiary/aromatic N) is 4. The molecule has 3 heterocycles. The van der Waals surface area contributed by atoms with Gasteiger partial charge in [0.1, 0.15) is 11.9 Å². The average Bonchev–Trinajstić information content (AvgIpc) is 2.91. The van der Waals surface area contributed by atoms with Gasteiger partial charge in [-0.15, -0.1) is 11.8 Å². The van der Waals surface area contributed by atoms with E-state index in [0.29, 0.717) is 60.3 Å². The van der Waals surface area contributed by atoms with E-state index >= 15 is 4.39 Å². The number of fused-ring (bicyclic) bond motifs is 1. The van der Waals surface area contributed by atoms with Crippen LogP contribution in [-0.4, -0.2) is 72.5 Å². The van der Waals surface area contributed by atoms with Crippen LogP contribution in [-0.2, 0) is 4.79 Å². The summed E-state index contributed by atoms with van der Waals surface area (Å²) >= 11 is 1.70. The number of aromatic nitrogens is 2. The van der Waals surface area contributed by atoms with Gasteiger partial charge in [0.15, 0.2) is 0 Å². The second-order valence-corrected chi connectivity index (χ2v) is 10.9. The Labute approximate surface area is 222 Å². The van der Waals surface area contributed by atoms with Crippen molar-refractivity contribution < 1.29 is 19.0 Å². The number of likely N-dealkylation sites (tertiary alicyclic amines) is 1. The third-order valence-corrected chi connectivity index (χ3v) is 8.25. The summed E-state index contributed by atoms with van der Waals surface area (Å²) in [6, 6.07) is 11.3. The predicted octanol–water partition coefficient (Wildman–Crippen LogP) is 5.45. The van der Waals surface area contributed by atoms with Crippen molar-refractivity contribution in [1.29, 1.82) is 0 Å². The van der Waals surface area contributed by atoms with E-state index in [4.69, 9.17) is 4.74 Å². The third-order valence-electron chi connectivity index (χ3n) is 7.33. The number of piperidine rings is 1. The highest BCUT2D eigenvalue weighted by atomic mass is 32.2. The van der Waals surface area contributed by atoms with Crippen LogP contribution in [0.4, 0.5) is 10.1 Å². The van der Waals surface area contributed by atoms with Gasteiger partial charge >= 0.3 is 5.97 Å². The zero-order chi connectivity index (χ0) is 26.4. The van der Waals surface area contributed by atoms with Gasteiger partial charge in [0.25, 0.3) is 0 Å². The first kappa shape index (κ1) is 27.1. The molecule has 3 aromatic rings. The maximum atomic E-state index is 16.0. The summed E-state index contributed by atoms with van der Waals surface area (Å²) in [5.74, 6) is 0.709. The molecule has 1 aromatic carbocycles. The predicted molar refractivity (Wildman–Crippen MR) is 146 cm³/mol. The Morgan fingerprint density at radius 1 is 1.24 bits per heavy atom. The van der Waals surface area contributed by atoms with Crippen molar-refractivity contribution in [1.82, 2.24) is 14.9 Å². The number of alkyl halides is 1. The number of carbonyl (C=O) groups is 1. The Morgan fingerprint density at radius 2 is 2.03 bits per heavy atom. The van der Waals surface area contributed by atoms with Gasteiger partial charge in [-0.1, -0.05) is 6.07 Å². The molecule has 1 aliphatic rings. The number of hydrogen-bond donors (Lipinski definition) is 1. The van der Waals surface area contributed by atoms with Gasteiger partial charge in [0.2, 0.25) is 0 Å². The first-order valence-electron chi connectivity index (χ1n) is 12.6. The Balaban J connectivity index is 1.43. The average molecular weight is 527 g/mol. The number of halogens is 1. The maximum absolute atomic E-state index is 16.0. The van der Waals surface area contributed by atoms with Crippen LogP contribution in [0.5, 0.6) is 5.75 Å². The molecule has 1 unspecified atom stereocenters. The van der Waals surface area contributed by atoms with Crippen molar-refractivity contribution >= 4 is 34.3 Å². The molecule has 0 bridgehead atoms. The van der Waals surface area contributed by atoms with Crippen molar-refractivity contribution in [2.24, 2.45) is 5.41 Å². The first-order chi connectivity index (χ1) is 17.8. The number of ether oxygens (including phenoxy) is 1. The minimum absolute atomic E-state index is 0.138. The number of aliphatic carboxylic acids is 1. The van der Waals surface area contributed by atoms with Gasteiger partial charge < -0.3 is 19.6 Å². The maximum Gasteiger partial charge on any atom is 0.309 e. The molecular formula is C28H35FN4O3S. The Bertz CT molecular complexity index is 1200. The molecule has 0 radical (unpaired) electrons. The molecule has 0 amide bonds. The number of hydrogen-bond acceptors (Lipinski definition) is 7. The quantitative estimate of drug-likeness (QED) is 0.330. The van der Waals surface area contributed by atoms with E-state index in [2.05, 4.69) is 14.9 Å². The molecule has 198 valence electrons. The molecule has 1 fully saturated rings. The summed E-state index contributed by atoms with van der Waals surface area (Å²) in [6.45, 7) is 2.27. The van der Waals surface area contributed by atoms with Crippen molar-refractivity contribution in [2.75, 3.05) is 51.5 Å². The van der Waals surface area contributed by atoms with E-state index in [1.54, 1.807) is 31.3 Å². The molecule has 1 saturated heterocycles. The van der Waals surface area contributed by atoms with E-state index in [1.165, 1.54) is 0 Å². The summed E-state index contributed by atoms with van der Waals surface area (Å²) in [5, 5.41) is 11.9. The number of carboxylic acids is 1. The fourth-order valence-electron chi connectivity index (χ4n) is 5.03. The fraction of sp³-hybridized carbons (Fsp3) is 0.464. The Morgan fingerprint density at radius 3 is 2.68 bits per heavy atom. The van der Waals surface area contributed by atoms with Crippen LogP contribution < -0.4 is 9.64 Å². The molecule has 1 aliphatic heterocycles. The standard InChI is InChI=1S/C28H35FN4O3S/c1-32(2)24-19-31-23-8-7-20(36-3)18-21(23)26(24)22(29)9-10-28(27(34)35)11-14-33(15-12-28)16-17-37-25-6-4-5-13-30-25/h4-8,13,18-19,22H,9-12,14-17H2,1-3H3,(H,34,35). The highest BCUT2D eigenvalue weighted by molar-refractivity contribution is 7.99. The lowest BCUT2D eigenvalue weighted by molar-refractivity contribution is -0.153. The molecule has 0 spiro atoms. The van der Waals surface area contributed by atoms with E-state index in [1.807, 2.05) is 55.4 Å². The molecule has 9 heteroatoms. The van der Waals surface area contributed by atoms with Gasteiger partial charge in [0.05, 0.1) is 35.0 Å². The zero-order valence-electron chi connectivity index (χ0n) is 21.7. The summed E-state index contributed by atoms with van der Waals surface area (Å²) < 4.78 is 21.4. The number of pyridine rings is 2. The molecule has 0 aliphatic carbocycles. The van der Waals surface area contributed by atoms with E-state index < -0.39 is 17.6 Å². The van der Waals surface area contributed by atoms with Crippen molar-refractivity contribution in [3.63, 3.8) is 0 Å². The van der Waals surface area contributed by atoms with Crippen LogP contribution in [0.25, 0.3) is 10.9 Å². The van der Waals surface area contributed by atoms with E-state index in [0.717, 1.165) is 17.3 Å². The number of thioether (sulfide) groups is 1. The molecule has 0 saturated carbocycles. The van der Waals surface area contributed by atoms with Crippen LogP contribution in [0, 0.1) is 5.41 Å². The molecule has 4 rings (SSSR count). The summed E-state index contributed by atoms with van der Waals surface area (Å²) in [4.78, 5) is 25.4.